The predicted octanol–water partition coefficient (Wildman–Crippen LogP) is 1.20. The van der Waals surface area contributed by atoms with Crippen LogP contribution in [-0.4, -0.2) is 31.1 Å². The lowest BCUT2D eigenvalue weighted by Crippen LogP contribution is -2.11. The number of hydrogen-bond acceptors (Lipinski definition) is 4. The average Bonchev–Trinajstić information content (AvgIpc) is 2.53. The first kappa shape index (κ1) is 11.3. The van der Waals surface area contributed by atoms with E-state index in [-0.39, 0.29) is 11.3 Å². The van der Waals surface area contributed by atoms with Crippen molar-refractivity contribution in [3.63, 3.8) is 0 Å². The third-order valence-corrected chi connectivity index (χ3v) is 2.28. The Kier molecular flexibility index (Phi) is 3.14. The third kappa shape index (κ3) is 1.86. The van der Waals surface area contributed by atoms with Crippen LogP contribution in [0, 0.1) is 13.8 Å². The van der Waals surface area contributed by atoms with Crippen molar-refractivity contribution < 1.29 is 19.1 Å². The molecule has 0 amide bonds. The first-order valence-electron chi connectivity index (χ1n) is 4.38. The van der Waals surface area contributed by atoms with Crippen molar-refractivity contribution in [2.45, 2.75) is 13.8 Å². The lowest BCUT2D eigenvalue weighted by atomic mass is 10.1. The van der Waals surface area contributed by atoms with Crippen LogP contribution in [0.3, 0.4) is 0 Å². The molecule has 0 atom stereocenters. The number of esters is 2. The number of nitrogens with one attached hydrogen (secondary N) is 1. The molecule has 0 aliphatic rings. The van der Waals surface area contributed by atoms with Gasteiger partial charge in [0.05, 0.1) is 19.8 Å². The van der Waals surface area contributed by atoms with Crippen molar-refractivity contribution in [2.24, 2.45) is 0 Å². The Morgan fingerprint density at radius 3 is 2.07 bits per heavy atom. The zero-order valence-electron chi connectivity index (χ0n) is 9.13. The summed E-state index contributed by atoms with van der Waals surface area (Å²) in [6.45, 7) is 3.51. The Balaban J connectivity index is 3.33. The van der Waals surface area contributed by atoms with E-state index in [0.717, 1.165) is 5.69 Å². The molecule has 1 rings (SSSR count). The molecule has 0 radical (unpaired) electrons. The largest absolute Gasteiger partial charge is 0.465 e. The molecule has 0 saturated heterocycles. The molecule has 0 aliphatic heterocycles. The van der Waals surface area contributed by atoms with Crippen LogP contribution in [0.25, 0.3) is 0 Å². The minimum Gasteiger partial charge on any atom is -0.465 e. The van der Waals surface area contributed by atoms with Gasteiger partial charge in [-0.2, -0.15) is 0 Å². The normalized spacial score (nSPS) is 9.87. The molecule has 5 nitrogen and oxygen atoms in total. The minimum absolute atomic E-state index is 0.138. The van der Waals surface area contributed by atoms with E-state index in [4.69, 9.17) is 0 Å². The highest BCUT2D eigenvalue weighted by molar-refractivity contribution is 6.03. The molecule has 82 valence electrons. The monoisotopic (exact) mass is 211 g/mol. The lowest BCUT2D eigenvalue weighted by Gasteiger charge is -2.01. The van der Waals surface area contributed by atoms with Crippen LogP contribution >= 0.6 is 0 Å². The SMILES string of the molecule is COC(=O)c1[nH]c(C)c(C)c1C(=O)OC. The molecule has 1 N–H and O–H groups in total. The van der Waals surface area contributed by atoms with Crippen molar-refractivity contribution in [1.29, 1.82) is 0 Å². The van der Waals surface area contributed by atoms with Crippen LogP contribution < -0.4 is 0 Å². The number of carbonyl (C=O) groups excluding carboxylic acids is 2. The average molecular weight is 211 g/mol. The maximum atomic E-state index is 11.4. The summed E-state index contributed by atoms with van der Waals surface area (Å²) in [5, 5.41) is 0. The second-order valence-electron chi connectivity index (χ2n) is 3.11. The molecule has 0 fully saturated rings. The molecule has 0 aromatic carbocycles. The molecule has 15 heavy (non-hydrogen) atoms. The first-order valence-corrected chi connectivity index (χ1v) is 4.38. The molecular weight excluding hydrogens is 198 g/mol. The van der Waals surface area contributed by atoms with Gasteiger partial charge in [-0.05, 0) is 19.4 Å². The van der Waals surface area contributed by atoms with Crippen LogP contribution in [0.4, 0.5) is 0 Å². The third-order valence-electron chi connectivity index (χ3n) is 2.28. The fraction of sp³-hybridized carbons (Fsp3) is 0.400. The van der Waals surface area contributed by atoms with Gasteiger partial charge in [-0.25, -0.2) is 9.59 Å². The minimum atomic E-state index is -0.577. The van der Waals surface area contributed by atoms with Crippen LogP contribution in [0.15, 0.2) is 0 Å². The zero-order valence-corrected chi connectivity index (χ0v) is 9.13. The number of aryl methyl sites for hydroxylation is 1. The van der Waals surface area contributed by atoms with E-state index in [1.807, 2.05) is 0 Å². The maximum absolute atomic E-state index is 11.4. The first-order chi connectivity index (χ1) is 7.02. The molecule has 1 aromatic rings. The Hall–Kier alpha value is -1.78. The quantitative estimate of drug-likeness (QED) is 0.746. The van der Waals surface area contributed by atoms with Crippen LogP contribution in [-0.2, 0) is 9.47 Å². The smallest absolute Gasteiger partial charge is 0.355 e. The van der Waals surface area contributed by atoms with Gasteiger partial charge >= 0.3 is 11.9 Å². The number of methoxy groups -OCH3 is 2. The second kappa shape index (κ2) is 4.16. The van der Waals surface area contributed by atoms with Gasteiger partial charge in [-0.1, -0.05) is 0 Å². The number of aromatic nitrogens is 1. The zero-order chi connectivity index (χ0) is 11.6. The van der Waals surface area contributed by atoms with Crippen molar-refractivity contribution in [3.8, 4) is 0 Å². The van der Waals surface area contributed by atoms with Gasteiger partial charge in [-0.15, -0.1) is 0 Å². The molecule has 1 heterocycles. The Labute approximate surface area is 87.4 Å². The topological polar surface area (TPSA) is 68.4 Å². The molecular formula is C10H13NO4. The van der Waals surface area contributed by atoms with Gasteiger partial charge in [0, 0.05) is 5.69 Å². The van der Waals surface area contributed by atoms with Gasteiger partial charge in [-0.3, -0.25) is 0 Å². The Bertz CT molecular complexity index is 406. The van der Waals surface area contributed by atoms with E-state index in [1.54, 1.807) is 13.8 Å². The van der Waals surface area contributed by atoms with Gasteiger partial charge in [0.15, 0.2) is 0 Å². The van der Waals surface area contributed by atoms with Gasteiger partial charge in [0.1, 0.15) is 5.69 Å². The number of aromatic amines is 1. The summed E-state index contributed by atoms with van der Waals surface area (Å²) in [5.74, 6) is -1.12. The van der Waals surface area contributed by atoms with Gasteiger partial charge in [0.25, 0.3) is 0 Å². The van der Waals surface area contributed by atoms with Crippen LogP contribution in [0.5, 0.6) is 0 Å². The number of ether oxygens (including phenoxy) is 2. The van der Waals surface area contributed by atoms with E-state index in [2.05, 4.69) is 14.5 Å². The number of H-pyrrole nitrogens is 1. The van der Waals surface area contributed by atoms with Gasteiger partial charge in [0.2, 0.25) is 0 Å². The summed E-state index contributed by atoms with van der Waals surface area (Å²) < 4.78 is 9.16. The highest BCUT2D eigenvalue weighted by Gasteiger charge is 2.24. The molecule has 0 spiro atoms. The fourth-order valence-corrected chi connectivity index (χ4v) is 1.33. The molecule has 0 saturated carbocycles. The van der Waals surface area contributed by atoms with Crippen LogP contribution in [0.2, 0.25) is 0 Å². The highest BCUT2D eigenvalue weighted by Crippen LogP contribution is 2.19. The summed E-state index contributed by atoms with van der Waals surface area (Å²) in [6, 6.07) is 0. The van der Waals surface area contributed by atoms with E-state index in [9.17, 15) is 9.59 Å². The Morgan fingerprint density at radius 1 is 1.07 bits per heavy atom. The second-order valence-corrected chi connectivity index (χ2v) is 3.11. The van der Waals surface area contributed by atoms with E-state index in [1.165, 1.54) is 14.2 Å². The van der Waals surface area contributed by atoms with Gasteiger partial charge < -0.3 is 14.5 Å². The van der Waals surface area contributed by atoms with Crippen molar-refractivity contribution in [2.75, 3.05) is 14.2 Å². The highest BCUT2D eigenvalue weighted by atomic mass is 16.5. The fourth-order valence-electron chi connectivity index (χ4n) is 1.33. The summed E-state index contributed by atoms with van der Waals surface area (Å²) in [6.07, 6.45) is 0. The number of carbonyl (C=O) groups is 2. The number of hydrogen-bond donors (Lipinski definition) is 1. The summed E-state index contributed by atoms with van der Waals surface area (Å²) in [4.78, 5) is 25.6. The Morgan fingerprint density at radius 2 is 1.60 bits per heavy atom. The van der Waals surface area contributed by atoms with Crippen molar-refractivity contribution in [3.05, 3.63) is 22.5 Å². The maximum Gasteiger partial charge on any atom is 0.355 e. The van der Waals surface area contributed by atoms with Crippen molar-refractivity contribution >= 4 is 11.9 Å². The van der Waals surface area contributed by atoms with E-state index in [0.29, 0.717) is 5.56 Å². The van der Waals surface area contributed by atoms with E-state index >= 15 is 0 Å². The molecule has 1 aromatic heterocycles. The van der Waals surface area contributed by atoms with Crippen LogP contribution in [0.1, 0.15) is 32.1 Å². The summed E-state index contributed by atoms with van der Waals surface area (Å²) in [7, 11) is 2.53. The summed E-state index contributed by atoms with van der Waals surface area (Å²) in [5.41, 5.74) is 1.82. The standard InChI is InChI=1S/C10H13NO4/c1-5-6(2)11-8(10(13)15-4)7(5)9(12)14-3/h11H,1-4H3. The predicted molar refractivity (Wildman–Crippen MR) is 52.9 cm³/mol. The molecule has 0 bridgehead atoms. The van der Waals surface area contributed by atoms with E-state index < -0.39 is 11.9 Å². The molecule has 0 aliphatic carbocycles. The molecule has 0 unspecified atom stereocenters. The summed E-state index contributed by atoms with van der Waals surface area (Å²) >= 11 is 0. The lowest BCUT2D eigenvalue weighted by molar-refractivity contribution is 0.0551. The number of rotatable bonds is 2. The molecule has 5 heteroatoms. The van der Waals surface area contributed by atoms with Crippen molar-refractivity contribution in [1.82, 2.24) is 4.98 Å².